The summed E-state index contributed by atoms with van der Waals surface area (Å²) in [6, 6.07) is 20.3. The molecule has 1 saturated heterocycles. The third-order valence-corrected chi connectivity index (χ3v) is 15.0. The van der Waals surface area contributed by atoms with Crippen LogP contribution in [0.3, 0.4) is 0 Å². The van der Waals surface area contributed by atoms with Crippen molar-refractivity contribution in [2.45, 2.75) is 109 Å². The van der Waals surface area contributed by atoms with E-state index in [9.17, 15) is 10.1 Å². The Morgan fingerprint density at radius 3 is 2.44 bits per heavy atom. The number of aromatic nitrogens is 5. The first-order valence-corrected chi connectivity index (χ1v) is 22.8. The number of aryl methyl sites for hydroxylation is 2. The van der Waals surface area contributed by atoms with Gasteiger partial charge in [-0.25, -0.2) is 0 Å². The number of hydrogen-bond donors (Lipinski definition) is 1. The van der Waals surface area contributed by atoms with Crippen LogP contribution in [0.2, 0.25) is 0 Å². The smallest absolute Gasteiger partial charge is 0.272 e. The minimum atomic E-state index is -0.190. The van der Waals surface area contributed by atoms with Crippen molar-refractivity contribution < 1.29 is 19.0 Å². The van der Waals surface area contributed by atoms with E-state index >= 15 is 0 Å². The van der Waals surface area contributed by atoms with E-state index < -0.39 is 0 Å². The lowest BCUT2D eigenvalue weighted by molar-refractivity contribution is 0.0888. The molecule has 0 radical (unpaired) electrons. The number of fused-ring (bicyclic) bond motifs is 3. The topological polar surface area (TPSA) is 153 Å². The standard InChI is InChI=1S/C48H55N9O4S/c1-29-30(2)62-47-43(29)44(51-39(20-25-59-4)45-55-52-31(3)57(45)47)34-8-6-32(7-9-34)33-18-21-48(22-19-33)23-24-56(28-48)42-17-16-40(53-54-42)46(58)50-36-11-14-37(15-12-36)61-38-13-10-35(27-49)41(26-38)60-5/h6-10,13,16-17,26,33,36-37,39H,11-12,14-15,18-25,28H2,1-5H3,(H,50,58)/t33?,36?,37?,39-,48?/m0/s1. The summed E-state index contributed by atoms with van der Waals surface area (Å²) in [6.45, 7) is 8.93. The van der Waals surface area contributed by atoms with Crippen LogP contribution in [0.4, 0.5) is 5.82 Å². The monoisotopic (exact) mass is 853 g/mol. The Labute approximate surface area is 367 Å². The average molecular weight is 854 g/mol. The Morgan fingerprint density at radius 2 is 1.73 bits per heavy atom. The number of hydrogen-bond acceptors (Lipinski definition) is 12. The number of methoxy groups -OCH3 is 2. The number of nitriles is 1. The van der Waals surface area contributed by atoms with Crippen molar-refractivity contribution in [1.29, 1.82) is 5.26 Å². The van der Waals surface area contributed by atoms with Crippen molar-refractivity contribution in [1.82, 2.24) is 30.3 Å². The van der Waals surface area contributed by atoms with Gasteiger partial charge in [0.05, 0.1) is 24.5 Å². The van der Waals surface area contributed by atoms with Crippen LogP contribution in [-0.4, -0.2) is 82.6 Å². The fourth-order valence-corrected chi connectivity index (χ4v) is 11.3. The highest BCUT2D eigenvalue weighted by atomic mass is 32.1. The summed E-state index contributed by atoms with van der Waals surface area (Å²) >= 11 is 1.79. The van der Waals surface area contributed by atoms with Gasteiger partial charge in [0.25, 0.3) is 5.91 Å². The summed E-state index contributed by atoms with van der Waals surface area (Å²) in [5.41, 5.74) is 7.10. The first-order valence-electron chi connectivity index (χ1n) is 22.0. The minimum absolute atomic E-state index is 0.0400. The van der Waals surface area contributed by atoms with E-state index in [2.05, 4.69) is 79.4 Å². The van der Waals surface area contributed by atoms with Crippen molar-refractivity contribution >= 4 is 28.8 Å². The molecule has 1 N–H and O–H groups in total. The zero-order chi connectivity index (χ0) is 43.0. The molecule has 0 bridgehead atoms. The molecule has 62 heavy (non-hydrogen) atoms. The van der Waals surface area contributed by atoms with E-state index in [-0.39, 0.29) is 29.5 Å². The molecular weight excluding hydrogens is 799 g/mol. The van der Waals surface area contributed by atoms with Crippen molar-refractivity contribution in [2.75, 3.05) is 38.8 Å². The lowest BCUT2D eigenvalue weighted by Crippen LogP contribution is -2.40. The van der Waals surface area contributed by atoms with Crippen molar-refractivity contribution in [3.63, 3.8) is 0 Å². The summed E-state index contributed by atoms with van der Waals surface area (Å²) in [4.78, 5) is 22.2. The first-order chi connectivity index (χ1) is 30.2. The van der Waals surface area contributed by atoms with Gasteiger partial charge < -0.3 is 24.4 Å². The zero-order valence-corrected chi connectivity index (χ0v) is 37.1. The number of carbonyl (C=O) groups is 1. The fraction of sp³-hybridized carbons (Fsp3) is 0.479. The van der Waals surface area contributed by atoms with Gasteiger partial charge in [0.2, 0.25) is 0 Å². The Kier molecular flexibility index (Phi) is 11.8. The number of carbonyl (C=O) groups excluding carboxylic acids is 1. The van der Waals surface area contributed by atoms with Crippen LogP contribution < -0.4 is 19.7 Å². The average Bonchev–Trinajstić information content (AvgIpc) is 3.95. The van der Waals surface area contributed by atoms with Crippen LogP contribution >= 0.6 is 11.3 Å². The number of rotatable bonds is 11. The van der Waals surface area contributed by atoms with Gasteiger partial charge in [0, 0.05) is 61.3 Å². The highest BCUT2D eigenvalue weighted by Crippen LogP contribution is 2.49. The molecule has 2 aliphatic heterocycles. The van der Waals surface area contributed by atoms with Gasteiger partial charge in [-0.05, 0) is 125 Å². The number of amides is 1. The number of nitrogens with one attached hydrogen (secondary N) is 1. The number of thiophene rings is 1. The lowest BCUT2D eigenvalue weighted by Gasteiger charge is -2.37. The molecule has 2 saturated carbocycles. The first kappa shape index (κ1) is 41.7. The highest BCUT2D eigenvalue weighted by Gasteiger charge is 2.42. The van der Waals surface area contributed by atoms with Gasteiger partial charge in [0.15, 0.2) is 17.3 Å². The second-order valence-electron chi connectivity index (χ2n) is 17.6. The van der Waals surface area contributed by atoms with Crippen LogP contribution in [0.5, 0.6) is 11.5 Å². The quantitative estimate of drug-likeness (QED) is 0.137. The van der Waals surface area contributed by atoms with E-state index in [0.717, 1.165) is 98.2 Å². The predicted molar refractivity (Wildman–Crippen MR) is 239 cm³/mol. The molecule has 1 amide bonds. The largest absolute Gasteiger partial charge is 0.495 e. The summed E-state index contributed by atoms with van der Waals surface area (Å²) < 4.78 is 19.2. The van der Waals surface area contributed by atoms with E-state index in [1.807, 2.05) is 19.1 Å². The molecule has 3 fully saturated rings. The van der Waals surface area contributed by atoms with E-state index in [4.69, 9.17) is 19.2 Å². The molecule has 4 aliphatic rings. The molecular formula is C48H55N9O4S. The molecule has 13 nitrogen and oxygen atoms in total. The minimum Gasteiger partial charge on any atom is -0.495 e. The third kappa shape index (κ3) is 8.20. The molecule has 2 aliphatic carbocycles. The molecule has 5 aromatic rings. The third-order valence-electron chi connectivity index (χ3n) is 13.8. The van der Waals surface area contributed by atoms with Crippen molar-refractivity contribution in [2.24, 2.45) is 10.4 Å². The van der Waals surface area contributed by atoms with Crippen LogP contribution in [0, 0.1) is 37.5 Å². The van der Waals surface area contributed by atoms with Crippen LogP contribution in [0.25, 0.3) is 5.00 Å². The van der Waals surface area contributed by atoms with Gasteiger partial charge in [-0.3, -0.25) is 14.4 Å². The summed E-state index contributed by atoms with van der Waals surface area (Å²) in [5.74, 6) is 4.12. The zero-order valence-electron chi connectivity index (χ0n) is 36.3. The molecule has 2 aromatic carbocycles. The Morgan fingerprint density at radius 1 is 0.935 bits per heavy atom. The number of anilines is 1. The molecule has 14 heteroatoms. The summed E-state index contributed by atoms with van der Waals surface area (Å²) in [7, 11) is 3.28. The molecule has 5 heterocycles. The van der Waals surface area contributed by atoms with E-state index in [1.165, 1.54) is 34.4 Å². The van der Waals surface area contributed by atoms with Gasteiger partial charge in [-0.2, -0.15) is 5.26 Å². The molecule has 1 spiro atoms. The fourth-order valence-electron chi connectivity index (χ4n) is 10.1. The van der Waals surface area contributed by atoms with Crippen LogP contribution in [0.1, 0.15) is 131 Å². The Hall–Kier alpha value is -5.65. The second kappa shape index (κ2) is 17.6. The molecule has 3 aromatic heterocycles. The van der Waals surface area contributed by atoms with Crippen LogP contribution in [0.15, 0.2) is 59.6 Å². The number of ether oxygens (including phenoxy) is 3. The molecule has 0 unspecified atom stereocenters. The van der Waals surface area contributed by atoms with E-state index in [1.54, 1.807) is 43.8 Å². The summed E-state index contributed by atoms with van der Waals surface area (Å²) in [6.07, 6.45) is 9.87. The van der Waals surface area contributed by atoms with Crippen molar-refractivity contribution in [3.05, 3.63) is 105 Å². The van der Waals surface area contributed by atoms with Crippen LogP contribution in [-0.2, 0) is 4.74 Å². The SMILES string of the molecule is COCC[C@@H]1N=C(c2ccc(C3CCC4(CC3)CCN(c3ccc(C(=O)NC5CCC(Oc6ccc(C#N)c(OC)c6)CC5)nn3)C4)cc2)c2c(sc(C)c2C)-n2c(C)nnc21. The second-order valence-corrected chi connectivity index (χ2v) is 18.8. The Balaban J connectivity index is 0.782. The maximum atomic E-state index is 13.2. The molecule has 322 valence electrons. The highest BCUT2D eigenvalue weighted by molar-refractivity contribution is 7.15. The molecule has 9 rings (SSSR count). The number of nitrogens with zero attached hydrogens (tertiary/aromatic N) is 8. The van der Waals surface area contributed by atoms with Gasteiger partial charge in [-0.1, -0.05) is 24.3 Å². The van der Waals surface area contributed by atoms with Gasteiger partial charge in [-0.15, -0.1) is 31.7 Å². The predicted octanol–water partition coefficient (Wildman–Crippen LogP) is 8.53. The Bertz CT molecular complexity index is 2490. The number of aliphatic imine (C=N–C) groups is 1. The lowest BCUT2D eigenvalue weighted by atomic mass is 9.68. The number of benzene rings is 2. The molecule has 1 atom stereocenters. The van der Waals surface area contributed by atoms with Crippen molar-refractivity contribution in [3.8, 4) is 22.6 Å². The van der Waals surface area contributed by atoms with Gasteiger partial charge in [0.1, 0.15) is 34.4 Å². The van der Waals surface area contributed by atoms with E-state index in [0.29, 0.717) is 35.3 Å². The normalized spacial score (nSPS) is 23.2. The maximum absolute atomic E-state index is 13.2. The van der Waals surface area contributed by atoms with Gasteiger partial charge >= 0.3 is 0 Å². The maximum Gasteiger partial charge on any atom is 0.272 e. The summed E-state index contributed by atoms with van der Waals surface area (Å²) in [5, 5.41) is 31.6.